The molecule has 3 heterocycles. The van der Waals surface area contributed by atoms with Gasteiger partial charge in [0.2, 0.25) is 0 Å². The van der Waals surface area contributed by atoms with E-state index in [0.29, 0.717) is 31.9 Å². The molecule has 6 nitrogen and oxygen atoms in total. The first-order valence-electron chi connectivity index (χ1n) is 7.02. The highest BCUT2D eigenvalue weighted by atomic mass is 16.5. The summed E-state index contributed by atoms with van der Waals surface area (Å²) in [6.45, 7) is 6.38. The minimum absolute atomic E-state index is 0.0120. The summed E-state index contributed by atoms with van der Waals surface area (Å²) in [6.07, 6.45) is 1.64. The Morgan fingerprint density at radius 1 is 1.29 bits per heavy atom. The number of carbonyl (C=O) groups excluding carboxylic acids is 1. The number of aromatic amines is 1. The number of nitrogens with zero attached hydrogens (tertiary/aromatic N) is 3. The summed E-state index contributed by atoms with van der Waals surface area (Å²) in [7, 11) is 0. The summed E-state index contributed by atoms with van der Waals surface area (Å²) >= 11 is 0. The van der Waals surface area contributed by atoms with Crippen molar-refractivity contribution < 1.29 is 9.53 Å². The molecule has 0 bridgehead atoms. The van der Waals surface area contributed by atoms with Gasteiger partial charge in [0, 0.05) is 30.5 Å². The third-order valence-corrected chi connectivity index (χ3v) is 3.69. The summed E-state index contributed by atoms with van der Waals surface area (Å²) in [4.78, 5) is 18.6. The zero-order valence-electron chi connectivity index (χ0n) is 12.2. The molecule has 0 saturated carbocycles. The molecule has 1 saturated heterocycles. The Morgan fingerprint density at radius 2 is 2.05 bits per heavy atom. The van der Waals surface area contributed by atoms with Gasteiger partial charge in [0.1, 0.15) is 0 Å². The average molecular weight is 286 g/mol. The lowest BCUT2D eigenvalue weighted by Gasteiger charge is -2.26. The van der Waals surface area contributed by atoms with Gasteiger partial charge in [0.15, 0.2) is 0 Å². The molecular formula is C15H18N4O2. The number of pyridine rings is 1. The van der Waals surface area contributed by atoms with Gasteiger partial charge in [-0.15, -0.1) is 0 Å². The maximum absolute atomic E-state index is 12.3. The monoisotopic (exact) mass is 286 g/mol. The second kappa shape index (κ2) is 5.65. The van der Waals surface area contributed by atoms with Crippen LogP contribution in [0, 0.1) is 13.8 Å². The quantitative estimate of drug-likeness (QED) is 0.909. The normalized spacial score (nSPS) is 15.2. The van der Waals surface area contributed by atoms with Crippen molar-refractivity contribution in [2.75, 3.05) is 26.3 Å². The van der Waals surface area contributed by atoms with Crippen LogP contribution in [0.3, 0.4) is 0 Å². The molecule has 0 aromatic carbocycles. The van der Waals surface area contributed by atoms with Crippen molar-refractivity contribution in [2.24, 2.45) is 0 Å². The van der Waals surface area contributed by atoms with Gasteiger partial charge in [0.25, 0.3) is 5.91 Å². The number of amides is 1. The number of hydrogen-bond donors (Lipinski definition) is 1. The fourth-order valence-electron chi connectivity index (χ4n) is 2.55. The Kier molecular flexibility index (Phi) is 3.70. The lowest BCUT2D eigenvalue weighted by atomic mass is 10.1. The van der Waals surface area contributed by atoms with Crippen LogP contribution in [0.25, 0.3) is 11.3 Å². The predicted molar refractivity (Wildman–Crippen MR) is 78.0 cm³/mol. The van der Waals surface area contributed by atoms with E-state index in [9.17, 15) is 4.79 Å². The van der Waals surface area contributed by atoms with Crippen molar-refractivity contribution in [2.45, 2.75) is 13.8 Å². The molecule has 0 radical (unpaired) electrons. The third-order valence-electron chi connectivity index (χ3n) is 3.69. The number of nitrogens with one attached hydrogen (secondary N) is 1. The van der Waals surface area contributed by atoms with E-state index in [1.54, 1.807) is 11.1 Å². The van der Waals surface area contributed by atoms with Crippen molar-refractivity contribution in [3.05, 3.63) is 35.3 Å². The molecule has 0 aliphatic carbocycles. The Labute approximate surface area is 123 Å². The number of carbonyl (C=O) groups is 1. The molecule has 1 aliphatic rings. The standard InChI is InChI=1S/C15H18N4O2/c1-10-14(11(2)18-17-10)13-4-3-12(9-16-13)15(20)19-5-7-21-8-6-19/h3-4,9H,5-8H2,1-2H3,(H,17,18). The van der Waals surface area contributed by atoms with Gasteiger partial charge < -0.3 is 9.64 Å². The second-order valence-corrected chi connectivity index (χ2v) is 5.15. The molecule has 1 N–H and O–H groups in total. The van der Waals surface area contributed by atoms with Crippen molar-refractivity contribution >= 4 is 5.91 Å². The van der Waals surface area contributed by atoms with Crippen LogP contribution >= 0.6 is 0 Å². The van der Waals surface area contributed by atoms with Crippen molar-refractivity contribution in [1.82, 2.24) is 20.1 Å². The van der Waals surface area contributed by atoms with E-state index in [4.69, 9.17) is 4.74 Å². The molecule has 2 aromatic heterocycles. The first kappa shape index (κ1) is 13.8. The molecule has 0 unspecified atom stereocenters. The van der Waals surface area contributed by atoms with Crippen LogP contribution in [0.1, 0.15) is 21.7 Å². The first-order chi connectivity index (χ1) is 10.2. The van der Waals surface area contributed by atoms with Crippen molar-refractivity contribution in [3.63, 3.8) is 0 Å². The molecule has 110 valence electrons. The van der Waals surface area contributed by atoms with Gasteiger partial charge in [-0.05, 0) is 26.0 Å². The molecule has 0 spiro atoms. The number of ether oxygens (including phenoxy) is 1. The van der Waals surface area contributed by atoms with E-state index >= 15 is 0 Å². The fraction of sp³-hybridized carbons (Fsp3) is 0.400. The molecule has 3 rings (SSSR count). The van der Waals surface area contributed by atoms with E-state index in [2.05, 4.69) is 15.2 Å². The lowest BCUT2D eigenvalue weighted by molar-refractivity contribution is 0.0302. The van der Waals surface area contributed by atoms with Gasteiger partial charge in [-0.3, -0.25) is 14.9 Å². The molecule has 1 aliphatic heterocycles. The van der Waals surface area contributed by atoms with E-state index in [1.165, 1.54) is 0 Å². The minimum Gasteiger partial charge on any atom is -0.378 e. The maximum atomic E-state index is 12.3. The minimum atomic E-state index is 0.0120. The van der Waals surface area contributed by atoms with Gasteiger partial charge in [-0.25, -0.2) is 0 Å². The Bertz CT molecular complexity index is 623. The molecule has 2 aromatic rings. The molecule has 0 atom stereocenters. The number of aromatic nitrogens is 3. The van der Waals surface area contributed by atoms with E-state index < -0.39 is 0 Å². The van der Waals surface area contributed by atoms with Crippen LogP contribution < -0.4 is 0 Å². The van der Waals surface area contributed by atoms with Crippen LogP contribution in [-0.2, 0) is 4.74 Å². The maximum Gasteiger partial charge on any atom is 0.255 e. The summed E-state index contributed by atoms with van der Waals surface area (Å²) in [5, 5.41) is 7.11. The van der Waals surface area contributed by atoms with Crippen LogP contribution in [0.2, 0.25) is 0 Å². The van der Waals surface area contributed by atoms with Gasteiger partial charge in [-0.2, -0.15) is 5.10 Å². The largest absolute Gasteiger partial charge is 0.378 e. The number of morpholine rings is 1. The molecular weight excluding hydrogens is 268 g/mol. The lowest BCUT2D eigenvalue weighted by Crippen LogP contribution is -2.40. The average Bonchev–Trinajstić information content (AvgIpc) is 2.87. The number of aryl methyl sites for hydroxylation is 2. The Hall–Kier alpha value is -2.21. The smallest absolute Gasteiger partial charge is 0.255 e. The molecule has 6 heteroatoms. The van der Waals surface area contributed by atoms with Crippen LogP contribution in [0.15, 0.2) is 18.3 Å². The molecule has 1 fully saturated rings. The van der Waals surface area contributed by atoms with Crippen LogP contribution in [-0.4, -0.2) is 52.3 Å². The first-order valence-corrected chi connectivity index (χ1v) is 7.02. The zero-order chi connectivity index (χ0) is 14.8. The summed E-state index contributed by atoms with van der Waals surface area (Å²) in [6, 6.07) is 3.70. The molecule has 1 amide bonds. The van der Waals surface area contributed by atoms with Gasteiger partial charge >= 0.3 is 0 Å². The topological polar surface area (TPSA) is 71.1 Å². The molecule has 21 heavy (non-hydrogen) atoms. The summed E-state index contributed by atoms with van der Waals surface area (Å²) in [5.74, 6) is 0.0120. The third kappa shape index (κ3) is 2.67. The second-order valence-electron chi connectivity index (χ2n) is 5.15. The van der Waals surface area contributed by atoms with Crippen molar-refractivity contribution in [3.8, 4) is 11.3 Å². The van der Waals surface area contributed by atoms with E-state index in [0.717, 1.165) is 22.6 Å². The highest BCUT2D eigenvalue weighted by molar-refractivity contribution is 5.94. The SMILES string of the molecule is Cc1n[nH]c(C)c1-c1ccc(C(=O)N2CCOCC2)cn1. The van der Waals surface area contributed by atoms with Crippen LogP contribution in [0.4, 0.5) is 0 Å². The van der Waals surface area contributed by atoms with Gasteiger partial charge in [0.05, 0.1) is 30.2 Å². The summed E-state index contributed by atoms with van der Waals surface area (Å²) in [5.41, 5.74) is 4.33. The fourth-order valence-corrected chi connectivity index (χ4v) is 2.55. The highest BCUT2D eigenvalue weighted by Gasteiger charge is 2.19. The highest BCUT2D eigenvalue weighted by Crippen LogP contribution is 2.23. The number of hydrogen-bond acceptors (Lipinski definition) is 4. The zero-order valence-corrected chi connectivity index (χ0v) is 12.2. The Balaban J connectivity index is 1.82. The summed E-state index contributed by atoms with van der Waals surface area (Å²) < 4.78 is 5.26. The number of H-pyrrole nitrogens is 1. The van der Waals surface area contributed by atoms with E-state index in [-0.39, 0.29) is 5.91 Å². The predicted octanol–water partition coefficient (Wildman–Crippen LogP) is 1.56. The van der Waals surface area contributed by atoms with Gasteiger partial charge in [-0.1, -0.05) is 0 Å². The number of rotatable bonds is 2. The Morgan fingerprint density at radius 3 is 2.62 bits per heavy atom. The van der Waals surface area contributed by atoms with Crippen molar-refractivity contribution in [1.29, 1.82) is 0 Å². The van der Waals surface area contributed by atoms with E-state index in [1.807, 2.05) is 26.0 Å². The van der Waals surface area contributed by atoms with Crippen LogP contribution in [0.5, 0.6) is 0 Å².